The summed E-state index contributed by atoms with van der Waals surface area (Å²) in [5, 5.41) is 0. The van der Waals surface area contributed by atoms with Gasteiger partial charge in [-0.25, -0.2) is 0 Å². The van der Waals surface area contributed by atoms with Crippen molar-refractivity contribution in [1.29, 1.82) is 0 Å². The van der Waals surface area contributed by atoms with Crippen molar-refractivity contribution in [1.82, 2.24) is 0 Å². The minimum Gasteiger partial charge on any atom is -0.366 e. The third kappa shape index (κ3) is 2.48. The maximum atomic E-state index is 11.0. The quantitative estimate of drug-likeness (QED) is 0.784. The Balaban J connectivity index is 3.00. The standard InChI is InChI=1S/C9H13NOS2/c1-3-6-5-7(8(10)11)9(13-6)12-4-2/h5H,3-4H2,1-2H3,(H2,10,11). The van der Waals surface area contributed by atoms with E-state index in [0.29, 0.717) is 5.56 Å². The highest BCUT2D eigenvalue weighted by molar-refractivity contribution is 8.01. The van der Waals surface area contributed by atoms with Gasteiger partial charge in [-0.1, -0.05) is 13.8 Å². The van der Waals surface area contributed by atoms with E-state index in [1.165, 1.54) is 4.88 Å². The van der Waals surface area contributed by atoms with Gasteiger partial charge in [0.05, 0.1) is 9.77 Å². The van der Waals surface area contributed by atoms with Crippen molar-refractivity contribution in [3.8, 4) is 0 Å². The van der Waals surface area contributed by atoms with Crippen molar-refractivity contribution in [2.45, 2.75) is 24.5 Å². The summed E-state index contributed by atoms with van der Waals surface area (Å²) in [4.78, 5) is 12.3. The molecule has 0 aliphatic carbocycles. The van der Waals surface area contributed by atoms with Gasteiger partial charge < -0.3 is 5.73 Å². The third-order valence-corrected chi connectivity index (χ3v) is 4.09. The van der Waals surface area contributed by atoms with Gasteiger partial charge in [0, 0.05) is 4.88 Å². The normalized spacial score (nSPS) is 10.3. The fourth-order valence-corrected chi connectivity index (χ4v) is 3.32. The van der Waals surface area contributed by atoms with Crippen LogP contribution in [0.4, 0.5) is 0 Å². The molecule has 0 aliphatic rings. The zero-order chi connectivity index (χ0) is 9.84. The largest absolute Gasteiger partial charge is 0.366 e. The molecule has 0 fully saturated rings. The van der Waals surface area contributed by atoms with Crippen LogP contribution in [0.15, 0.2) is 10.3 Å². The van der Waals surface area contributed by atoms with Crippen LogP contribution in [0.2, 0.25) is 0 Å². The first-order valence-corrected chi connectivity index (χ1v) is 6.04. The van der Waals surface area contributed by atoms with Crippen molar-refractivity contribution >= 4 is 29.0 Å². The molecule has 1 aromatic rings. The molecule has 0 unspecified atom stereocenters. The Labute approximate surface area is 86.5 Å². The van der Waals surface area contributed by atoms with E-state index < -0.39 is 0 Å². The molecule has 0 aliphatic heterocycles. The highest BCUT2D eigenvalue weighted by Gasteiger charge is 2.12. The Morgan fingerprint density at radius 1 is 1.62 bits per heavy atom. The molecule has 4 heteroatoms. The lowest BCUT2D eigenvalue weighted by Crippen LogP contribution is -2.10. The van der Waals surface area contributed by atoms with E-state index >= 15 is 0 Å². The predicted octanol–water partition coefficient (Wildman–Crippen LogP) is 2.52. The molecule has 2 N–H and O–H groups in total. The topological polar surface area (TPSA) is 43.1 Å². The molecule has 0 spiro atoms. The lowest BCUT2D eigenvalue weighted by molar-refractivity contribution is 0.0998. The minimum absolute atomic E-state index is 0.313. The fraction of sp³-hybridized carbons (Fsp3) is 0.444. The summed E-state index contributed by atoms with van der Waals surface area (Å²) in [6.07, 6.45) is 0.967. The van der Waals surface area contributed by atoms with Gasteiger partial charge >= 0.3 is 0 Å². The molecular formula is C9H13NOS2. The zero-order valence-electron chi connectivity index (χ0n) is 7.79. The number of carbonyl (C=O) groups is 1. The summed E-state index contributed by atoms with van der Waals surface area (Å²) in [6, 6.07) is 1.91. The molecule has 13 heavy (non-hydrogen) atoms. The summed E-state index contributed by atoms with van der Waals surface area (Å²) in [6.45, 7) is 4.15. The Bertz CT molecular complexity index is 307. The van der Waals surface area contributed by atoms with E-state index in [-0.39, 0.29) is 5.91 Å². The van der Waals surface area contributed by atoms with Crippen molar-refractivity contribution in [3.05, 3.63) is 16.5 Å². The lowest BCUT2D eigenvalue weighted by Gasteiger charge is -1.95. The van der Waals surface area contributed by atoms with E-state index in [2.05, 4.69) is 13.8 Å². The van der Waals surface area contributed by atoms with Crippen LogP contribution in [0.1, 0.15) is 29.1 Å². The minimum atomic E-state index is -0.313. The summed E-state index contributed by atoms with van der Waals surface area (Å²) in [7, 11) is 0. The Morgan fingerprint density at radius 3 is 2.77 bits per heavy atom. The van der Waals surface area contributed by atoms with Crippen molar-refractivity contribution in [2.24, 2.45) is 5.73 Å². The number of primary amides is 1. The third-order valence-electron chi connectivity index (χ3n) is 1.64. The number of hydrogen-bond donors (Lipinski definition) is 1. The molecule has 0 bridgehead atoms. The predicted molar refractivity (Wildman–Crippen MR) is 58.6 cm³/mol. The molecule has 1 aromatic heterocycles. The molecule has 72 valence electrons. The molecule has 2 nitrogen and oxygen atoms in total. The SMILES string of the molecule is CCSc1sc(CC)cc1C(N)=O. The second-order valence-electron chi connectivity index (χ2n) is 2.56. The number of hydrogen-bond acceptors (Lipinski definition) is 3. The van der Waals surface area contributed by atoms with Crippen LogP contribution >= 0.6 is 23.1 Å². The number of carbonyl (C=O) groups excluding carboxylic acids is 1. The van der Waals surface area contributed by atoms with Crippen LogP contribution in [0, 0.1) is 0 Å². The van der Waals surface area contributed by atoms with Gasteiger partial charge in [0.15, 0.2) is 0 Å². The summed E-state index contributed by atoms with van der Waals surface area (Å²) in [5.41, 5.74) is 5.96. The number of nitrogens with two attached hydrogens (primary N) is 1. The first kappa shape index (κ1) is 10.6. The molecule has 0 radical (unpaired) electrons. The molecule has 1 heterocycles. The summed E-state index contributed by atoms with van der Waals surface area (Å²) < 4.78 is 1.06. The molecule has 0 aromatic carbocycles. The van der Waals surface area contributed by atoms with Gasteiger partial charge in [0.2, 0.25) is 0 Å². The van der Waals surface area contributed by atoms with Gasteiger partial charge in [0.1, 0.15) is 0 Å². The van der Waals surface area contributed by atoms with E-state index in [1.54, 1.807) is 23.1 Å². The van der Waals surface area contributed by atoms with E-state index in [4.69, 9.17) is 5.73 Å². The number of amides is 1. The van der Waals surface area contributed by atoms with Crippen molar-refractivity contribution in [2.75, 3.05) is 5.75 Å². The average Bonchev–Trinajstić information content (AvgIpc) is 2.48. The Morgan fingerprint density at radius 2 is 2.31 bits per heavy atom. The summed E-state index contributed by atoms with van der Waals surface area (Å²) >= 11 is 3.36. The van der Waals surface area contributed by atoms with E-state index in [1.807, 2.05) is 6.07 Å². The average molecular weight is 215 g/mol. The van der Waals surface area contributed by atoms with Crippen LogP contribution in [0.25, 0.3) is 0 Å². The second kappa shape index (κ2) is 4.67. The van der Waals surface area contributed by atoms with Crippen LogP contribution in [-0.2, 0) is 6.42 Å². The number of aryl methyl sites for hydroxylation is 1. The van der Waals surface area contributed by atoms with Gasteiger partial charge in [-0.05, 0) is 18.2 Å². The number of thioether (sulfide) groups is 1. The number of rotatable bonds is 4. The van der Waals surface area contributed by atoms with E-state index in [9.17, 15) is 4.79 Å². The highest BCUT2D eigenvalue weighted by atomic mass is 32.2. The van der Waals surface area contributed by atoms with Gasteiger partial charge in [-0.2, -0.15) is 0 Å². The van der Waals surface area contributed by atoms with Gasteiger partial charge in [-0.15, -0.1) is 23.1 Å². The summed E-state index contributed by atoms with van der Waals surface area (Å²) in [5.74, 6) is 0.663. The maximum Gasteiger partial charge on any atom is 0.250 e. The number of thiophene rings is 1. The first-order valence-electron chi connectivity index (χ1n) is 4.24. The zero-order valence-corrected chi connectivity index (χ0v) is 9.43. The smallest absolute Gasteiger partial charge is 0.250 e. The molecule has 0 saturated heterocycles. The highest BCUT2D eigenvalue weighted by Crippen LogP contribution is 2.31. The monoisotopic (exact) mass is 215 g/mol. The van der Waals surface area contributed by atoms with Crippen LogP contribution in [0.5, 0.6) is 0 Å². The van der Waals surface area contributed by atoms with Gasteiger partial charge in [0.25, 0.3) is 5.91 Å². The van der Waals surface area contributed by atoms with Crippen LogP contribution < -0.4 is 5.73 Å². The maximum absolute atomic E-state index is 11.0. The molecule has 1 amide bonds. The molecule has 1 rings (SSSR count). The van der Waals surface area contributed by atoms with Gasteiger partial charge in [-0.3, -0.25) is 4.79 Å². The van der Waals surface area contributed by atoms with Crippen molar-refractivity contribution < 1.29 is 4.79 Å². The second-order valence-corrected chi connectivity index (χ2v) is 5.23. The Hall–Kier alpha value is -0.480. The molecule has 0 atom stereocenters. The lowest BCUT2D eigenvalue weighted by atomic mass is 10.3. The van der Waals surface area contributed by atoms with E-state index in [0.717, 1.165) is 16.4 Å². The fourth-order valence-electron chi connectivity index (χ4n) is 1.01. The van der Waals surface area contributed by atoms with Crippen LogP contribution in [0.3, 0.4) is 0 Å². The molecule has 0 saturated carbocycles. The Kier molecular flexibility index (Phi) is 3.81. The van der Waals surface area contributed by atoms with Crippen LogP contribution in [-0.4, -0.2) is 11.7 Å². The molecular weight excluding hydrogens is 202 g/mol. The van der Waals surface area contributed by atoms with Crippen molar-refractivity contribution in [3.63, 3.8) is 0 Å². The first-order chi connectivity index (χ1) is 6.19.